The first kappa shape index (κ1) is 10.7. The molecule has 1 aromatic heterocycles. The highest BCUT2D eigenvalue weighted by atomic mass is 16.1. The minimum atomic E-state index is -0.140. The van der Waals surface area contributed by atoms with Gasteiger partial charge >= 0.3 is 0 Å². The molecule has 0 aliphatic rings. The maximum atomic E-state index is 11.5. The largest absolute Gasteiger partial charge is 0.326 e. The second kappa shape index (κ2) is 3.98. The minimum Gasteiger partial charge on any atom is -0.326 e. The number of aryl methyl sites for hydroxylation is 2. The van der Waals surface area contributed by atoms with Crippen molar-refractivity contribution in [1.29, 1.82) is 0 Å². The van der Waals surface area contributed by atoms with E-state index in [1.807, 2.05) is 32.0 Å². The topological polar surface area (TPSA) is 74.7 Å². The summed E-state index contributed by atoms with van der Waals surface area (Å²) in [5.41, 5.74) is 10.2. The summed E-state index contributed by atoms with van der Waals surface area (Å²) in [6.07, 6.45) is 0. The van der Waals surface area contributed by atoms with Crippen LogP contribution in [0.15, 0.2) is 23.0 Å². The van der Waals surface area contributed by atoms with Crippen LogP contribution in [0.25, 0.3) is 11.3 Å². The lowest BCUT2D eigenvalue weighted by atomic mass is 10.0. The highest BCUT2D eigenvalue weighted by Gasteiger charge is 2.12. The van der Waals surface area contributed by atoms with Gasteiger partial charge in [-0.25, -0.2) is 0 Å². The molecule has 1 aromatic carbocycles. The predicted octanol–water partition coefficient (Wildman–Crippen LogP) is 1.45. The number of nitrogens with two attached hydrogens (primary N) is 1. The standard InChI is InChI=1S/C12H15N3O/c1-7-3-4-8(2)9(5-7)11-10(6-13)12(16)15-14-11/h3-5H,6,13H2,1-2H3,(H2,14,15,16). The third kappa shape index (κ3) is 1.67. The number of hydrogen-bond acceptors (Lipinski definition) is 2. The Bertz CT molecular complexity index is 566. The van der Waals surface area contributed by atoms with E-state index in [4.69, 9.17) is 5.73 Å². The highest BCUT2D eigenvalue weighted by molar-refractivity contribution is 5.67. The van der Waals surface area contributed by atoms with Crippen LogP contribution >= 0.6 is 0 Å². The van der Waals surface area contributed by atoms with Crippen molar-refractivity contribution in [2.24, 2.45) is 5.73 Å². The Morgan fingerprint density at radius 2 is 2.00 bits per heavy atom. The summed E-state index contributed by atoms with van der Waals surface area (Å²) >= 11 is 0. The van der Waals surface area contributed by atoms with E-state index in [1.54, 1.807) is 0 Å². The fraction of sp³-hybridized carbons (Fsp3) is 0.250. The Balaban J connectivity index is 2.67. The van der Waals surface area contributed by atoms with Gasteiger partial charge in [-0.15, -0.1) is 0 Å². The average molecular weight is 217 g/mol. The Morgan fingerprint density at radius 3 is 2.69 bits per heavy atom. The molecule has 0 saturated carbocycles. The van der Waals surface area contributed by atoms with Crippen molar-refractivity contribution in [2.75, 3.05) is 0 Å². The summed E-state index contributed by atoms with van der Waals surface area (Å²) in [6.45, 7) is 4.28. The van der Waals surface area contributed by atoms with Crippen molar-refractivity contribution in [3.05, 3.63) is 45.2 Å². The fourth-order valence-electron chi connectivity index (χ4n) is 1.81. The van der Waals surface area contributed by atoms with E-state index in [0.717, 1.165) is 22.4 Å². The molecular weight excluding hydrogens is 202 g/mol. The molecule has 0 fully saturated rings. The number of rotatable bonds is 2. The predicted molar refractivity (Wildman–Crippen MR) is 64.2 cm³/mol. The summed E-state index contributed by atoms with van der Waals surface area (Å²) in [5, 5.41) is 5.46. The second-order valence-electron chi connectivity index (χ2n) is 3.96. The summed E-state index contributed by atoms with van der Waals surface area (Å²) in [6, 6.07) is 6.13. The van der Waals surface area contributed by atoms with Crippen LogP contribution in [0.2, 0.25) is 0 Å². The number of benzene rings is 1. The number of hydrogen-bond donors (Lipinski definition) is 3. The molecule has 0 aliphatic carbocycles. The molecule has 4 nitrogen and oxygen atoms in total. The molecular formula is C12H15N3O. The van der Waals surface area contributed by atoms with E-state index in [0.29, 0.717) is 5.56 Å². The van der Waals surface area contributed by atoms with Crippen molar-refractivity contribution in [3.8, 4) is 11.3 Å². The molecule has 0 radical (unpaired) electrons. The van der Waals surface area contributed by atoms with Gasteiger partial charge in [-0.2, -0.15) is 0 Å². The first-order chi connectivity index (χ1) is 7.63. The van der Waals surface area contributed by atoms with Crippen LogP contribution in [0.5, 0.6) is 0 Å². The molecule has 84 valence electrons. The van der Waals surface area contributed by atoms with Gasteiger partial charge in [-0.3, -0.25) is 15.0 Å². The normalized spacial score (nSPS) is 10.7. The molecule has 0 bridgehead atoms. The van der Waals surface area contributed by atoms with Crippen LogP contribution in [0.3, 0.4) is 0 Å². The Hall–Kier alpha value is -1.81. The quantitative estimate of drug-likeness (QED) is 0.712. The third-order valence-corrected chi connectivity index (χ3v) is 2.74. The molecule has 4 N–H and O–H groups in total. The Labute approximate surface area is 93.5 Å². The van der Waals surface area contributed by atoms with Gasteiger partial charge < -0.3 is 5.73 Å². The van der Waals surface area contributed by atoms with E-state index in [-0.39, 0.29) is 12.1 Å². The van der Waals surface area contributed by atoms with E-state index in [9.17, 15) is 4.79 Å². The molecule has 0 saturated heterocycles. The fourth-order valence-corrected chi connectivity index (χ4v) is 1.81. The van der Waals surface area contributed by atoms with Gasteiger partial charge in [0.1, 0.15) is 0 Å². The lowest BCUT2D eigenvalue weighted by Crippen LogP contribution is -2.10. The van der Waals surface area contributed by atoms with Crippen LogP contribution in [0.1, 0.15) is 16.7 Å². The van der Waals surface area contributed by atoms with Gasteiger partial charge in [0.15, 0.2) is 0 Å². The zero-order valence-corrected chi connectivity index (χ0v) is 9.42. The average Bonchev–Trinajstić information content (AvgIpc) is 2.63. The zero-order chi connectivity index (χ0) is 11.7. The van der Waals surface area contributed by atoms with E-state index in [1.165, 1.54) is 0 Å². The Kier molecular flexibility index (Phi) is 2.66. The lowest BCUT2D eigenvalue weighted by Gasteiger charge is -2.06. The molecule has 2 aromatic rings. The third-order valence-electron chi connectivity index (χ3n) is 2.74. The van der Waals surface area contributed by atoms with Gasteiger partial charge in [0.25, 0.3) is 5.56 Å². The number of aromatic amines is 2. The summed E-state index contributed by atoms with van der Waals surface area (Å²) in [5.74, 6) is 0. The lowest BCUT2D eigenvalue weighted by molar-refractivity contribution is 1.04. The molecule has 2 rings (SSSR count). The minimum absolute atomic E-state index is 0.140. The van der Waals surface area contributed by atoms with E-state index < -0.39 is 0 Å². The maximum Gasteiger partial charge on any atom is 0.269 e. The van der Waals surface area contributed by atoms with Crippen molar-refractivity contribution in [3.63, 3.8) is 0 Å². The monoisotopic (exact) mass is 217 g/mol. The maximum absolute atomic E-state index is 11.5. The first-order valence-electron chi connectivity index (χ1n) is 5.20. The van der Waals surface area contributed by atoms with Gasteiger partial charge in [-0.1, -0.05) is 17.7 Å². The van der Waals surface area contributed by atoms with E-state index in [2.05, 4.69) is 10.2 Å². The van der Waals surface area contributed by atoms with Gasteiger partial charge in [0, 0.05) is 12.1 Å². The number of nitrogens with one attached hydrogen (secondary N) is 2. The highest BCUT2D eigenvalue weighted by Crippen LogP contribution is 2.23. The molecule has 0 atom stereocenters. The SMILES string of the molecule is Cc1ccc(C)c(-c2[nH][nH]c(=O)c2CN)c1. The van der Waals surface area contributed by atoms with Crippen LogP contribution in [-0.2, 0) is 6.54 Å². The van der Waals surface area contributed by atoms with E-state index >= 15 is 0 Å². The van der Waals surface area contributed by atoms with Crippen molar-refractivity contribution >= 4 is 0 Å². The first-order valence-corrected chi connectivity index (χ1v) is 5.20. The van der Waals surface area contributed by atoms with Gasteiger partial charge in [0.05, 0.1) is 11.3 Å². The number of H-pyrrole nitrogens is 2. The molecule has 0 spiro atoms. The molecule has 0 amide bonds. The smallest absolute Gasteiger partial charge is 0.269 e. The van der Waals surface area contributed by atoms with Gasteiger partial charge in [0.2, 0.25) is 0 Å². The molecule has 4 heteroatoms. The Morgan fingerprint density at radius 1 is 1.25 bits per heavy atom. The van der Waals surface area contributed by atoms with Gasteiger partial charge in [-0.05, 0) is 25.5 Å². The van der Waals surface area contributed by atoms with Crippen molar-refractivity contribution in [2.45, 2.75) is 20.4 Å². The van der Waals surface area contributed by atoms with Crippen LogP contribution in [0, 0.1) is 13.8 Å². The molecule has 16 heavy (non-hydrogen) atoms. The summed E-state index contributed by atoms with van der Waals surface area (Å²) in [7, 11) is 0. The second-order valence-corrected chi connectivity index (χ2v) is 3.96. The molecule has 0 aliphatic heterocycles. The summed E-state index contributed by atoms with van der Waals surface area (Å²) < 4.78 is 0. The summed E-state index contributed by atoms with van der Waals surface area (Å²) in [4.78, 5) is 11.5. The number of aromatic nitrogens is 2. The van der Waals surface area contributed by atoms with Crippen molar-refractivity contribution in [1.82, 2.24) is 10.2 Å². The van der Waals surface area contributed by atoms with Crippen LogP contribution in [0.4, 0.5) is 0 Å². The zero-order valence-electron chi connectivity index (χ0n) is 9.42. The van der Waals surface area contributed by atoms with Crippen LogP contribution < -0.4 is 11.3 Å². The van der Waals surface area contributed by atoms with Crippen molar-refractivity contribution < 1.29 is 0 Å². The molecule has 0 unspecified atom stereocenters. The molecule has 1 heterocycles. The van der Waals surface area contributed by atoms with Crippen LogP contribution in [-0.4, -0.2) is 10.2 Å².